The molecule has 8 heteroatoms. The van der Waals surface area contributed by atoms with E-state index in [2.05, 4.69) is 5.10 Å². The molecule has 0 aromatic heterocycles. The molecule has 1 aromatic rings. The van der Waals surface area contributed by atoms with Gasteiger partial charge in [0, 0.05) is 17.7 Å². The Morgan fingerprint density at radius 3 is 2.50 bits per heavy atom. The van der Waals surface area contributed by atoms with E-state index in [0.29, 0.717) is 12.4 Å². The third-order valence-electron chi connectivity index (χ3n) is 3.18. The highest BCUT2D eigenvalue weighted by molar-refractivity contribution is 5.97. The minimum Gasteiger partial charge on any atom is -0.494 e. The Morgan fingerprint density at radius 2 is 2.00 bits per heavy atom. The molecule has 0 unspecified atom stereocenters. The number of hydrogen-bond acceptors (Lipinski definition) is 4. The molecular formula is C14H15F3N2O3. The number of hydrogen-bond donors (Lipinski definition) is 1. The number of nitrogens with zero attached hydrogens (tertiary/aromatic N) is 2. The van der Waals surface area contributed by atoms with Gasteiger partial charge in [0.05, 0.1) is 6.61 Å². The first-order chi connectivity index (χ1) is 10.2. The van der Waals surface area contributed by atoms with E-state index in [9.17, 15) is 23.1 Å². The van der Waals surface area contributed by atoms with Crippen LogP contribution in [0, 0.1) is 0 Å². The van der Waals surface area contributed by atoms with Crippen LogP contribution < -0.4 is 4.74 Å². The van der Waals surface area contributed by atoms with Crippen LogP contribution in [0.2, 0.25) is 0 Å². The zero-order chi connectivity index (χ0) is 16.5. The number of ether oxygens (including phenoxy) is 1. The second-order valence-corrected chi connectivity index (χ2v) is 4.90. The third-order valence-corrected chi connectivity index (χ3v) is 3.18. The van der Waals surface area contributed by atoms with Crippen molar-refractivity contribution >= 4 is 11.6 Å². The maximum atomic E-state index is 13.1. The molecule has 0 radical (unpaired) electrons. The summed E-state index contributed by atoms with van der Waals surface area (Å²) in [6.07, 6.45) is -5.77. The van der Waals surface area contributed by atoms with Crippen LogP contribution in [0.1, 0.15) is 30.6 Å². The topological polar surface area (TPSA) is 62.1 Å². The SMILES string of the molecule is CCOc1ccc(C(=O)N2N=C(C)C[C@]2(O)C(F)(F)F)cc1. The molecule has 1 aromatic carbocycles. The van der Waals surface area contributed by atoms with Gasteiger partial charge in [0.1, 0.15) is 5.75 Å². The number of amides is 1. The van der Waals surface area contributed by atoms with Crippen LogP contribution in [0.15, 0.2) is 29.4 Å². The first kappa shape index (κ1) is 16.3. The first-order valence-electron chi connectivity index (χ1n) is 6.59. The Labute approximate surface area is 125 Å². The van der Waals surface area contributed by atoms with Crippen molar-refractivity contribution in [2.24, 2.45) is 5.10 Å². The molecule has 0 fully saturated rings. The van der Waals surface area contributed by atoms with Crippen molar-refractivity contribution in [3.63, 3.8) is 0 Å². The molecule has 1 atom stereocenters. The van der Waals surface area contributed by atoms with Crippen molar-refractivity contribution in [2.75, 3.05) is 6.61 Å². The normalized spacial score (nSPS) is 21.7. The van der Waals surface area contributed by atoms with E-state index in [1.807, 2.05) is 0 Å². The van der Waals surface area contributed by atoms with Crippen LogP contribution in [0.5, 0.6) is 5.75 Å². The van der Waals surface area contributed by atoms with Gasteiger partial charge >= 0.3 is 6.18 Å². The quantitative estimate of drug-likeness (QED) is 0.932. The molecule has 5 nitrogen and oxygen atoms in total. The largest absolute Gasteiger partial charge is 0.494 e. The highest BCUT2D eigenvalue weighted by atomic mass is 19.4. The predicted octanol–water partition coefficient (Wildman–Crippen LogP) is 2.56. The van der Waals surface area contributed by atoms with E-state index >= 15 is 0 Å². The lowest BCUT2D eigenvalue weighted by Gasteiger charge is -2.32. The molecule has 1 N–H and O–H groups in total. The molecule has 22 heavy (non-hydrogen) atoms. The summed E-state index contributed by atoms with van der Waals surface area (Å²) >= 11 is 0. The van der Waals surface area contributed by atoms with Gasteiger partial charge < -0.3 is 9.84 Å². The third kappa shape index (κ3) is 2.78. The average Bonchev–Trinajstić information content (AvgIpc) is 2.75. The molecule has 1 aliphatic heterocycles. The number of benzene rings is 1. The van der Waals surface area contributed by atoms with Gasteiger partial charge in [-0.15, -0.1) is 0 Å². The first-order valence-corrected chi connectivity index (χ1v) is 6.59. The van der Waals surface area contributed by atoms with Crippen molar-refractivity contribution < 1.29 is 27.8 Å². The van der Waals surface area contributed by atoms with Gasteiger partial charge in [0.25, 0.3) is 11.6 Å². The monoisotopic (exact) mass is 316 g/mol. The molecule has 2 rings (SSSR count). The highest BCUT2D eigenvalue weighted by Crippen LogP contribution is 2.40. The number of alkyl halides is 3. The van der Waals surface area contributed by atoms with Crippen molar-refractivity contribution in [3.05, 3.63) is 29.8 Å². The summed E-state index contributed by atoms with van der Waals surface area (Å²) in [5, 5.41) is 13.5. The van der Waals surface area contributed by atoms with Crippen molar-refractivity contribution in [1.82, 2.24) is 5.01 Å². The molecule has 0 bridgehead atoms. The molecule has 120 valence electrons. The summed E-state index contributed by atoms with van der Waals surface area (Å²) in [7, 11) is 0. The maximum Gasteiger partial charge on any atom is 0.438 e. The number of carbonyl (C=O) groups is 1. The Hall–Kier alpha value is -2.09. The number of rotatable bonds is 3. The van der Waals surface area contributed by atoms with E-state index in [-0.39, 0.29) is 16.3 Å². The zero-order valence-corrected chi connectivity index (χ0v) is 12.0. The fourth-order valence-electron chi connectivity index (χ4n) is 2.14. The van der Waals surface area contributed by atoms with Crippen molar-refractivity contribution in [3.8, 4) is 5.75 Å². The predicted molar refractivity (Wildman–Crippen MR) is 72.5 cm³/mol. The van der Waals surface area contributed by atoms with Crippen LogP contribution in [0.3, 0.4) is 0 Å². The van der Waals surface area contributed by atoms with Crippen LogP contribution in [-0.2, 0) is 0 Å². The molecule has 0 spiro atoms. The van der Waals surface area contributed by atoms with Crippen LogP contribution in [0.4, 0.5) is 13.2 Å². The fourth-order valence-corrected chi connectivity index (χ4v) is 2.14. The van der Waals surface area contributed by atoms with Crippen LogP contribution >= 0.6 is 0 Å². The summed E-state index contributed by atoms with van der Waals surface area (Å²) in [5.74, 6) is -0.536. The lowest BCUT2D eigenvalue weighted by atomic mass is 10.1. The summed E-state index contributed by atoms with van der Waals surface area (Å²) in [5.41, 5.74) is -3.31. The average molecular weight is 316 g/mol. The number of hydrazone groups is 1. The molecule has 1 amide bonds. The van der Waals surface area contributed by atoms with E-state index in [0.717, 1.165) is 0 Å². The van der Waals surface area contributed by atoms with Crippen molar-refractivity contribution in [2.45, 2.75) is 32.2 Å². The molecule has 1 aliphatic rings. The smallest absolute Gasteiger partial charge is 0.438 e. The van der Waals surface area contributed by atoms with Crippen LogP contribution in [0.25, 0.3) is 0 Å². The van der Waals surface area contributed by atoms with Crippen LogP contribution in [-0.4, -0.2) is 40.2 Å². The van der Waals surface area contributed by atoms with E-state index < -0.39 is 24.2 Å². The van der Waals surface area contributed by atoms with Gasteiger partial charge in [-0.1, -0.05) is 0 Å². The van der Waals surface area contributed by atoms with Gasteiger partial charge in [-0.05, 0) is 38.1 Å². The summed E-state index contributed by atoms with van der Waals surface area (Å²) in [6.45, 7) is 3.53. The Bertz CT molecular complexity index is 598. The molecule has 0 saturated carbocycles. The molecular weight excluding hydrogens is 301 g/mol. The lowest BCUT2D eigenvalue weighted by molar-refractivity contribution is -0.297. The Kier molecular flexibility index (Phi) is 4.15. The molecule has 1 heterocycles. The fraction of sp³-hybridized carbons (Fsp3) is 0.429. The summed E-state index contributed by atoms with van der Waals surface area (Å²) in [6, 6.07) is 5.59. The minimum absolute atomic E-state index is 0.0235. The summed E-state index contributed by atoms with van der Waals surface area (Å²) in [4.78, 5) is 12.2. The number of halogens is 3. The van der Waals surface area contributed by atoms with E-state index in [1.54, 1.807) is 6.92 Å². The Balaban J connectivity index is 2.30. The Morgan fingerprint density at radius 1 is 1.41 bits per heavy atom. The van der Waals surface area contributed by atoms with Gasteiger partial charge in [-0.3, -0.25) is 4.79 Å². The van der Waals surface area contributed by atoms with E-state index in [1.165, 1.54) is 31.2 Å². The molecule has 0 saturated heterocycles. The van der Waals surface area contributed by atoms with Gasteiger partial charge in [-0.25, -0.2) is 0 Å². The summed E-state index contributed by atoms with van der Waals surface area (Å²) < 4.78 is 44.4. The van der Waals surface area contributed by atoms with Gasteiger partial charge in [0.15, 0.2) is 0 Å². The van der Waals surface area contributed by atoms with Crippen molar-refractivity contribution in [1.29, 1.82) is 0 Å². The standard InChI is InChI=1S/C14H15F3N2O3/c1-3-22-11-6-4-10(5-7-11)12(20)19-13(21,14(15,16)17)8-9(2)18-19/h4-7,21H,3,8H2,1-2H3/t13-/m0/s1. The minimum atomic E-state index is -5.00. The van der Waals surface area contributed by atoms with Gasteiger partial charge in [-0.2, -0.15) is 23.3 Å². The van der Waals surface area contributed by atoms with Gasteiger partial charge in [0.2, 0.25) is 0 Å². The number of aliphatic hydroxyl groups is 1. The van der Waals surface area contributed by atoms with E-state index in [4.69, 9.17) is 4.74 Å². The lowest BCUT2D eigenvalue weighted by Crippen LogP contribution is -2.56. The maximum absolute atomic E-state index is 13.1. The number of carbonyl (C=O) groups excluding carboxylic acids is 1. The zero-order valence-electron chi connectivity index (χ0n) is 12.0. The highest BCUT2D eigenvalue weighted by Gasteiger charge is 2.62. The molecule has 0 aliphatic carbocycles. The second-order valence-electron chi connectivity index (χ2n) is 4.90. The second kappa shape index (κ2) is 5.60.